The Morgan fingerprint density at radius 3 is 2.43 bits per heavy atom. The minimum atomic E-state index is -0.443. The monoisotopic (exact) mass is 286 g/mol. The largest absolute Gasteiger partial charge is 0.496 e. The van der Waals surface area contributed by atoms with Gasteiger partial charge in [0.1, 0.15) is 11.3 Å². The smallest absolute Gasteiger partial charge is 0.399 e. The number of carbonyl (C=O) groups excluding carboxylic acids is 1. The summed E-state index contributed by atoms with van der Waals surface area (Å²) in [6.07, 6.45) is 4.24. The van der Waals surface area contributed by atoms with E-state index in [1.807, 2.05) is 46.9 Å². The molecule has 0 saturated carbocycles. The molecule has 1 aliphatic heterocycles. The number of rotatable bonds is 2. The number of pyridine rings is 1. The molecular weight excluding hydrogens is 267 g/mol. The third kappa shape index (κ3) is 2.10. The van der Waals surface area contributed by atoms with E-state index in [4.69, 9.17) is 9.31 Å². The van der Waals surface area contributed by atoms with Crippen molar-refractivity contribution >= 4 is 24.5 Å². The fraction of sp³-hybridized carbons (Fsp3) is 0.467. The van der Waals surface area contributed by atoms with Crippen molar-refractivity contribution in [2.75, 3.05) is 0 Å². The van der Waals surface area contributed by atoms with Gasteiger partial charge < -0.3 is 9.31 Å². The zero-order chi connectivity index (χ0) is 15.4. The van der Waals surface area contributed by atoms with Crippen molar-refractivity contribution in [1.29, 1.82) is 0 Å². The summed E-state index contributed by atoms with van der Waals surface area (Å²) in [5.41, 5.74) is 2.44. The van der Waals surface area contributed by atoms with Crippen LogP contribution >= 0.6 is 0 Å². The maximum absolute atomic E-state index is 11.1. The van der Waals surface area contributed by atoms with Gasteiger partial charge in [-0.1, -0.05) is 0 Å². The topological polar surface area (TPSA) is 52.8 Å². The molecule has 1 fully saturated rings. The van der Waals surface area contributed by atoms with E-state index in [2.05, 4.69) is 4.98 Å². The SMILES string of the molecule is Cc1cc2ncc(C=O)n2cc1B1OC(C)(C)C(C)(C)O1. The second-order valence-electron chi connectivity index (χ2n) is 6.53. The molecule has 110 valence electrons. The molecule has 0 bridgehead atoms. The predicted octanol–water partition coefficient (Wildman–Crippen LogP) is 1.75. The maximum Gasteiger partial charge on any atom is 0.496 e. The van der Waals surface area contributed by atoms with Crippen LogP contribution in [0.2, 0.25) is 0 Å². The summed E-state index contributed by atoms with van der Waals surface area (Å²) >= 11 is 0. The molecule has 0 unspecified atom stereocenters. The summed E-state index contributed by atoms with van der Waals surface area (Å²) in [6, 6.07) is 1.94. The van der Waals surface area contributed by atoms with Gasteiger partial charge in [0.15, 0.2) is 6.29 Å². The van der Waals surface area contributed by atoms with E-state index >= 15 is 0 Å². The first-order valence-corrected chi connectivity index (χ1v) is 7.03. The number of aldehydes is 1. The number of carbonyl (C=O) groups is 1. The molecule has 1 aliphatic rings. The quantitative estimate of drug-likeness (QED) is 0.623. The molecule has 5 nitrogen and oxygen atoms in total. The zero-order valence-electron chi connectivity index (χ0n) is 13.0. The number of nitrogens with zero attached hydrogens (tertiary/aromatic N) is 2. The molecular formula is C15H19BN2O3. The third-order valence-corrected chi connectivity index (χ3v) is 4.55. The van der Waals surface area contributed by atoms with E-state index in [-0.39, 0.29) is 11.2 Å². The Hall–Kier alpha value is -1.66. The lowest BCUT2D eigenvalue weighted by Crippen LogP contribution is -2.41. The highest BCUT2D eigenvalue weighted by Crippen LogP contribution is 2.36. The Bertz CT molecular complexity index is 705. The molecule has 21 heavy (non-hydrogen) atoms. The minimum absolute atomic E-state index is 0.387. The van der Waals surface area contributed by atoms with E-state index in [1.165, 1.54) is 0 Å². The van der Waals surface area contributed by atoms with Crippen molar-refractivity contribution in [2.45, 2.75) is 45.8 Å². The van der Waals surface area contributed by atoms with Crippen LogP contribution in [0, 0.1) is 6.92 Å². The summed E-state index contributed by atoms with van der Waals surface area (Å²) in [7, 11) is -0.443. The van der Waals surface area contributed by atoms with Crippen LogP contribution < -0.4 is 5.46 Å². The van der Waals surface area contributed by atoms with E-state index in [9.17, 15) is 4.79 Å². The molecule has 0 spiro atoms. The van der Waals surface area contributed by atoms with Crippen molar-refractivity contribution in [3.8, 4) is 0 Å². The van der Waals surface area contributed by atoms with Crippen LogP contribution in [0.25, 0.3) is 5.65 Å². The number of hydrogen-bond donors (Lipinski definition) is 0. The lowest BCUT2D eigenvalue weighted by Gasteiger charge is -2.32. The Morgan fingerprint density at radius 2 is 1.86 bits per heavy atom. The molecule has 0 N–H and O–H groups in total. The first-order valence-electron chi connectivity index (χ1n) is 7.03. The van der Waals surface area contributed by atoms with Crippen molar-refractivity contribution in [3.63, 3.8) is 0 Å². The zero-order valence-corrected chi connectivity index (χ0v) is 13.0. The molecule has 3 rings (SSSR count). The molecule has 3 heterocycles. The van der Waals surface area contributed by atoms with Crippen LogP contribution in [0.15, 0.2) is 18.5 Å². The summed E-state index contributed by atoms with van der Waals surface area (Å²) in [5.74, 6) is 0. The van der Waals surface area contributed by atoms with Crippen molar-refractivity contribution < 1.29 is 14.1 Å². The lowest BCUT2D eigenvalue weighted by molar-refractivity contribution is 0.00578. The van der Waals surface area contributed by atoms with E-state index in [1.54, 1.807) is 10.6 Å². The van der Waals surface area contributed by atoms with Gasteiger partial charge in [0.25, 0.3) is 0 Å². The molecule has 0 radical (unpaired) electrons. The number of aryl methyl sites for hydroxylation is 1. The fourth-order valence-electron chi connectivity index (χ4n) is 2.46. The molecule has 2 aromatic rings. The molecule has 2 aromatic heterocycles. The van der Waals surface area contributed by atoms with Crippen LogP contribution in [0.4, 0.5) is 0 Å². The van der Waals surface area contributed by atoms with Crippen LogP contribution in [0.1, 0.15) is 43.7 Å². The van der Waals surface area contributed by atoms with Crippen LogP contribution in [0.5, 0.6) is 0 Å². The molecule has 1 saturated heterocycles. The van der Waals surface area contributed by atoms with Gasteiger partial charge in [-0.2, -0.15) is 0 Å². The molecule has 0 aliphatic carbocycles. The van der Waals surface area contributed by atoms with E-state index < -0.39 is 7.12 Å². The van der Waals surface area contributed by atoms with Gasteiger partial charge in [0, 0.05) is 11.7 Å². The van der Waals surface area contributed by atoms with E-state index in [0.29, 0.717) is 5.69 Å². The van der Waals surface area contributed by atoms with Gasteiger partial charge in [0.2, 0.25) is 0 Å². The molecule has 0 aromatic carbocycles. The molecule has 0 atom stereocenters. The van der Waals surface area contributed by atoms with Crippen LogP contribution in [0.3, 0.4) is 0 Å². The average molecular weight is 286 g/mol. The van der Waals surface area contributed by atoms with Crippen LogP contribution in [-0.4, -0.2) is 34.0 Å². The van der Waals surface area contributed by atoms with Crippen molar-refractivity contribution in [3.05, 3.63) is 29.7 Å². The standard InChI is InChI=1S/C15H19BN2O3/c1-10-6-13-17-7-11(9-19)18(13)8-12(10)16-20-14(2,3)15(4,5)21-16/h6-9H,1-5H3. The highest BCUT2D eigenvalue weighted by Gasteiger charge is 2.52. The normalized spacial score (nSPS) is 20.1. The summed E-state index contributed by atoms with van der Waals surface area (Å²) in [4.78, 5) is 15.3. The summed E-state index contributed by atoms with van der Waals surface area (Å²) < 4.78 is 13.9. The number of hydrogen-bond acceptors (Lipinski definition) is 4. The highest BCUT2D eigenvalue weighted by molar-refractivity contribution is 6.62. The van der Waals surface area contributed by atoms with Gasteiger partial charge >= 0.3 is 7.12 Å². The van der Waals surface area contributed by atoms with Gasteiger partial charge in [-0.25, -0.2) is 4.98 Å². The Kier molecular flexibility index (Phi) is 3.01. The van der Waals surface area contributed by atoms with Crippen molar-refractivity contribution in [2.24, 2.45) is 0 Å². The second-order valence-corrected chi connectivity index (χ2v) is 6.53. The first-order chi connectivity index (χ1) is 9.75. The highest BCUT2D eigenvalue weighted by atomic mass is 16.7. The fourth-order valence-corrected chi connectivity index (χ4v) is 2.46. The molecule has 6 heteroatoms. The minimum Gasteiger partial charge on any atom is -0.399 e. The van der Waals surface area contributed by atoms with Gasteiger partial charge in [-0.15, -0.1) is 0 Å². The van der Waals surface area contributed by atoms with Crippen molar-refractivity contribution in [1.82, 2.24) is 9.38 Å². The number of fused-ring (bicyclic) bond motifs is 1. The maximum atomic E-state index is 11.1. The Labute approximate surface area is 124 Å². The van der Waals surface area contributed by atoms with Gasteiger partial charge in [-0.05, 0) is 46.2 Å². The molecule has 0 amide bonds. The average Bonchev–Trinajstić information content (AvgIpc) is 2.86. The van der Waals surface area contributed by atoms with Gasteiger partial charge in [0.05, 0.1) is 17.4 Å². The van der Waals surface area contributed by atoms with Crippen LogP contribution in [-0.2, 0) is 9.31 Å². The number of imidazole rings is 1. The predicted molar refractivity (Wildman–Crippen MR) is 81.0 cm³/mol. The Balaban J connectivity index is 2.09. The summed E-state index contributed by atoms with van der Waals surface area (Å²) in [5, 5.41) is 0. The summed E-state index contributed by atoms with van der Waals surface area (Å²) in [6.45, 7) is 10.1. The third-order valence-electron chi connectivity index (χ3n) is 4.55. The van der Waals surface area contributed by atoms with E-state index in [0.717, 1.165) is 23.0 Å². The number of aromatic nitrogens is 2. The lowest BCUT2D eigenvalue weighted by atomic mass is 9.77. The van der Waals surface area contributed by atoms with Gasteiger partial charge in [-0.3, -0.25) is 9.20 Å². The Morgan fingerprint density at radius 1 is 1.24 bits per heavy atom. The second kappa shape index (κ2) is 4.42. The first kappa shape index (κ1) is 14.3.